The Bertz CT molecular complexity index is 660. The van der Waals surface area contributed by atoms with Crippen LogP contribution in [0, 0.1) is 0 Å². The fourth-order valence-electron chi connectivity index (χ4n) is 2.46. The lowest BCUT2D eigenvalue weighted by Gasteiger charge is -2.24. The molecule has 1 aromatic carbocycles. The molecule has 1 N–H and O–H groups in total. The Morgan fingerprint density at radius 3 is 2.19 bits per heavy atom. The van der Waals surface area contributed by atoms with Gasteiger partial charge in [0, 0.05) is 22.0 Å². The van der Waals surface area contributed by atoms with Crippen LogP contribution in [0.1, 0.15) is 40.3 Å². The van der Waals surface area contributed by atoms with Crippen LogP contribution in [0.2, 0.25) is 0 Å². The van der Waals surface area contributed by atoms with Gasteiger partial charge >= 0.3 is 7.60 Å². The molecule has 5 heteroatoms. The minimum atomic E-state index is -3.33. The van der Waals surface area contributed by atoms with Crippen molar-refractivity contribution in [2.75, 3.05) is 13.2 Å². The summed E-state index contributed by atoms with van der Waals surface area (Å²) in [7, 11) is -3.33. The standard InChI is InChI=1S/C16H24NO3P/c1-6-19-21(18,20-7-2)14-12-10-8-9-11-13(12)17-15(14)16(3,4)5/h8-11,17H,6-7H2,1-5H3. The van der Waals surface area contributed by atoms with E-state index in [0.717, 1.165) is 16.6 Å². The largest absolute Gasteiger partial charge is 0.363 e. The Balaban J connectivity index is 2.78. The quantitative estimate of drug-likeness (QED) is 0.835. The second-order valence-corrected chi connectivity index (χ2v) is 7.94. The van der Waals surface area contributed by atoms with Crippen molar-refractivity contribution in [2.24, 2.45) is 0 Å². The lowest BCUT2D eigenvalue weighted by atomic mass is 9.92. The van der Waals surface area contributed by atoms with Crippen molar-refractivity contribution in [1.82, 2.24) is 4.98 Å². The Labute approximate surface area is 126 Å². The van der Waals surface area contributed by atoms with Crippen molar-refractivity contribution in [1.29, 1.82) is 0 Å². The molecular weight excluding hydrogens is 285 g/mol. The normalized spacial score (nSPS) is 13.0. The molecule has 0 unspecified atom stereocenters. The van der Waals surface area contributed by atoms with Crippen molar-refractivity contribution in [3.63, 3.8) is 0 Å². The third kappa shape index (κ3) is 3.08. The highest BCUT2D eigenvalue weighted by Gasteiger charge is 2.36. The summed E-state index contributed by atoms with van der Waals surface area (Å²) in [6.45, 7) is 10.6. The number of aromatic nitrogens is 1. The van der Waals surface area contributed by atoms with Crippen LogP contribution in [0.5, 0.6) is 0 Å². The molecule has 4 nitrogen and oxygen atoms in total. The van der Waals surface area contributed by atoms with Gasteiger partial charge in [0.15, 0.2) is 0 Å². The molecule has 0 saturated carbocycles. The van der Waals surface area contributed by atoms with Gasteiger partial charge in [-0.25, -0.2) is 0 Å². The van der Waals surface area contributed by atoms with E-state index < -0.39 is 7.60 Å². The summed E-state index contributed by atoms with van der Waals surface area (Å²) in [4.78, 5) is 3.39. The van der Waals surface area contributed by atoms with Crippen LogP contribution in [0.4, 0.5) is 0 Å². The van der Waals surface area contributed by atoms with E-state index in [2.05, 4.69) is 25.8 Å². The first-order valence-electron chi connectivity index (χ1n) is 7.34. The molecule has 0 saturated heterocycles. The van der Waals surface area contributed by atoms with Crippen molar-refractivity contribution < 1.29 is 13.6 Å². The first kappa shape index (κ1) is 16.3. The molecule has 0 radical (unpaired) electrons. The zero-order chi connectivity index (χ0) is 15.7. The summed E-state index contributed by atoms with van der Waals surface area (Å²) in [6.07, 6.45) is 0. The number of H-pyrrole nitrogens is 1. The maximum atomic E-state index is 13.3. The monoisotopic (exact) mass is 309 g/mol. The molecule has 116 valence electrons. The second kappa shape index (κ2) is 5.96. The molecule has 0 aliphatic heterocycles. The number of hydrogen-bond donors (Lipinski definition) is 1. The number of fused-ring (bicyclic) bond motifs is 1. The van der Waals surface area contributed by atoms with Gasteiger partial charge in [0.05, 0.1) is 18.5 Å². The summed E-state index contributed by atoms with van der Waals surface area (Å²) < 4.78 is 24.4. The minimum absolute atomic E-state index is 0.182. The molecule has 0 atom stereocenters. The second-order valence-electron chi connectivity index (χ2n) is 5.98. The van der Waals surface area contributed by atoms with Crippen LogP contribution in [-0.2, 0) is 19.0 Å². The average molecular weight is 309 g/mol. The molecule has 21 heavy (non-hydrogen) atoms. The number of aromatic amines is 1. The number of nitrogens with one attached hydrogen (secondary N) is 1. The van der Waals surface area contributed by atoms with Gasteiger partial charge in [0.2, 0.25) is 0 Å². The molecule has 2 rings (SSSR count). The summed E-state index contributed by atoms with van der Waals surface area (Å²) in [5, 5.41) is 1.59. The van der Waals surface area contributed by atoms with Gasteiger partial charge in [-0.05, 0) is 19.9 Å². The van der Waals surface area contributed by atoms with Crippen molar-refractivity contribution in [3.8, 4) is 0 Å². The van der Waals surface area contributed by atoms with Crippen LogP contribution in [0.3, 0.4) is 0 Å². The van der Waals surface area contributed by atoms with Crippen LogP contribution in [0.25, 0.3) is 10.9 Å². The van der Waals surface area contributed by atoms with E-state index in [1.807, 2.05) is 38.1 Å². The smallest absolute Gasteiger partial charge is 0.357 e. The lowest BCUT2D eigenvalue weighted by Crippen LogP contribution is -2.23. The number of rotatable bonds is 5. The molecule has 0 aliphatic rings. The zero-order valence-corrected chi connectivity index (χ0v) is 14.3. The Hall–Kier alpha value is -1.09. The highest BCUT2D eigenvalue weighted by molar-refractivity contribution is 7.62. The molecule has 1 aromatic heterocycles. The predicted molar refractivity (Wildman–Crippen MR) is 87.5 cm³/mol. The van der Waals surface area contributed by atoms with Gasteiger partial charge in [-0.1, -0.05) is 39.0 Å². The van der Waals surface area contributed by atoms with Crippen LogP contribution in [0.15, 0.2) is 24.3 Å². The topological polar surface area (TPSA) is 51.3 Å². The lowest BCUT2D eigenvalue weighted by molar-refractivity contribution is 0.229. The van der Waals surface area contributed by atoms with E-state index in [1.54, 1.807) is 0 Å². The molecular formula is C16H24NO3P. The fourth-order valence-corrected chi connectivity index (χ4v) is 4.63. The van der Waals surface area contributed by atoms with Gasteiger partial charge in [-0.15, -0.1) is 0 Å². The van der Waals surface area contributed by atoms with Gasteiger partial charge in [-0.3, -0.25) is 4.57 Å². The van der Waals surface area contributed by atoms with Crippen molar-refractivity contribution in [3.05, 3.63) is 30.0 Å². The Morgan fingerprint density at radius 1 is 1.10 bits per heavy atom. The fraction of sp³-hybridized carbons (Fsp3) is 0.500. The Kier molecular flexibility index (Phi) is 4.62. The number of benzene rings is 1. The first-order valence-corrected chi connectivity index (χ1v) is 8.88. The van der Waals surface area contributed by atoms with E-state index in [9.17, 15) is 4.57 Å². The minimum Gasteiger partial charge on any atom is -0.357 e. The molecule has 0 spiro atoms. The molecule has 1 heterocycles. The van der Waals surface area contributed by atoms with E-state index >= 15 is 0 Å². The summed E-state index contributed by atoms with van der Waals surface area (Å²) in [5.74, 6) is 0. The summed E-state index contributed by atoms with van der Waals surface area (Å²) in [6, 6.07) is 7.84. The third-order valence-corrected chi connectivity index (χ3v) is 5.51. The number of hydrogen-bond acceptors (Lipinski definition) is 3. The molecule has 0 bridgehead atoms. The van der Waals surface area contributed by atoms with Crippen molar-refractivity contribution in [2.45, 2.75) is 40.0 Å². The van der Waals surface area contributed by atoms with Crippen LogP contribution >= 0.6 is 7.60 Å². The van der Waals surface area contributed by atoms with E-state index in [1.165, 1.54) is 0 Å². The van der Waals surface area contributed by atoms with Gasteiger partial charge in [0.25, 0.3) is 0 Å². The van der Waals surface area contributed by atoms with Gasteiger partial charge < -0.3 is 14.0 Å². The first-order chi connectivity index (χ1) is 9.83. The third-order valence-electron chi connectivity index (χ3n) is 3.30. The highest BCUT2D eigenvalue weighted by atomic mass is 31.2. The SMILES string of the molecule is CCOP(=O)(OCC)c1c(C(C)(C)C)[nH]c2ccccc12. The molecule has 0 aliphatic carbocycles. The summed E-state index contributed by atoms with van der Waals surface area (Å²) >= 11 is 0. The van der Waals surface area contributed by atoms with Crippen LogP contribution in [-0.4, -0.2) is 18.2 Å². The van der Waals surface area contributed by atoms with E-state index in [-0.39, 0.29) is 5.41 Å². The highest BCUT2D eigenvalue weighted by Crippen LogP contribution is 2.51. The number of para-hydroxylation sites is 1. The maximum absolute atomic E-state index is 13.3. The van der Waals surface area contributed by atoms with E-state index in [0.29, 0.717) is 18.5 Å². The zero-order valence-electron chi connectivity index (χ0n) is 13.4. The van der Waals surface area contributed by atoms with E-state index in [4.69, 9.17) is 9.05 Å². The molecule has 2 aromatic rings. The molecule has 0 fully saturated rings. The predicted octanol–water partition coefficient (Wildman–Crippen LogP) is 4.36. The van der Waals surface area contributed by atoms with Crippen molar-refractivity contribution >= 4 is 23.8 Å². The van der Waals surface area contributed by atoms with Gasteiger partial charge in [0.1, 0.15) is 0 Å². The Morgan fingerprint density at radius 2 is 1.67 bits per heavy atom. The van der Waals surface area contributed by atoms with Gasteiger partial charge in [-0.2, -0.15) is 0 Å². The average Bonchev–Trinajstić information content (AvgIpc) is 2.79. The molecule has 0 amide bonds. The van der Waals surface area contributed by atoms with Crippen LogP contribution < -0.4 is 5.30 Å². The summed E-state index contributed by atoms with van der Waals surface area (Å²) in [5.41, 5.74) is 1.68. The maximum Gasteiger partial charge on any atom is 0.363 e.